The third-order valence-electron chi connectivity index (χ3n) is 4.05. The Hall–Kier alpha value is -2.20. The zero-order valence-corrected chi connectivity index (χ0v) is 13.0. The van der Waals surface area contributed by atoms with Crippen LogP contribution in [-0.2, 0) is 12.8 Å². The quantitative estimate of drug-likeness (QED) is 0.922. The zero-order valence-electron chi connectivity index (χ0n) is 13.0. The van der Waals surface area contributed by atoms with Gasteiger partial charge in [-0.1, -0.05) is 18.2 Å². The molecule has 0 aromatic heterocycles. The molecule has 0 aliphatic carbocycles. The van der Waals surface area contributed by atoms with Crippen molar-refractivity contribution in [1.82, 2.24) is 0 Å². The van der Waals surface area contributed by atoms with E-state index in [0.29, 0.717) is 0 Å². The van der Waals surface area contributed by atoms with Gasteiger partial charge in [0.25, 0.3) is 0 Å². The number of benzene rings is 2. The minimum atomic E-state index is -0.0519. The van der Waals surface area contributed by atoms with Crippen molar-refractivity contribution in [3.63, 3.8) is 0 Å². The summed E-state index contributed by atoms with van der Waals surface area (Å²) >= 11 is 0. The van der Waals surface area contributed by atoms with Crippen LogP contribution in [0.5, 0.6) is 17.2 Å². The Morgan fingerprint density at radius 1 is 1.09 bits per heavy atom. The number of methoxy groups -OCH3 is 2. The highest BCUT2D eigenvalue weighted by molar-refractivity contribution is 5.44. The van der Waals surface area contributed by atoms with E-state index >= 15 is 0 Å². The van der Waals surface area contributed by atoms with Gasteiger partial charge in [-0.25, -0.2) is 0 Å². The molecule has 4 nitrogen and oxygen atoms in total. The minimum Gasteiger partial charge on any atom is -0.493 e. The smallest absolute Gasteiger partial charge is 0.160 e. The highest BCUT2D eigenvalue weighted by atomic mass is 16.5. The molecule has 1 heterocycles. The lowest BCUT2D eigenvalue weighted by Gasteiger charge is -2.15. The van der Waals surface area contributed by atoms with Gasteiger partial charge >= 0.3 is 0 Å². The van der Waals surface area contributed by atoms with Crippen molar-refractivity contribution in [3.8, 4) is 17.2 Å². The van der Waals surface area contributed by atoms with E-state index in [2.05, 4.69) is 12.1 Å². The molecule has 0 radical (unpaired) electrons. The van der Waals surface area contributed by atoms with Crippen molar-refractivity contribution < 1.29 is 14.2 Å². The first-order valence-electron chi connectivity index (χ1n) is 7.43. The lowest BCUT2D eigenvalue weighted by Crippen LogP contribution is -2.13. The van der Waals surface area contributed by atoms with Crippen molar-refractivity contribution in [3.05, 3.63) is 53.1 Å². The molecule has 1 aliphatic heterocycles. The summed E-state index contributed by atoms with van der Waals surface area (Å²) in [4.78, 5) is 0. The number of hydrogen-bond donors (Lipinski definition) is 1. The van der Waals surface area contributed by atoms with Gasteiger partial charge in [0, 0.05) is 12.5 Å². The van der Waals surface area contributed by atoms with Crippen molar-refractivity contribution in [1.29, 1.82) is 0 Å². The van der Waals surface area contributed by atoms with Crippen LogP contribution in [-0.4, -0.2) is 20.8 Å². The normalized spacial score (nSPS) is 14.1. The summed E-state index contributed by atoms with van der Waals surface area (Å²) < 4.78 is 16.1. The van der Waals surface area contributed by atoms with Gasteiger partial charge in [0.1, 0.15) is 5.75 Å². The number of nitrogens with two attached hydrogens (primary N) is 1. The second kappa shape index (κ2) is 6.28. The molecule has 4 heteroatoms. The molecule has 0 fully saturated rings. The number of hydrogen-bond acceptors (Lipinski definition) is 4. The predicted octanol–water partition coefficient (Wildman–Crippen LogP) is 2.88. The summed E-state index contributed by atoms with van der Waals surface area (Å²) in [6, 6.07) is 12.1. The van der Waals surface area contributed by atoms with E-state index in [0.717, 1.165) is 47.8 Å². The first-order valence-corrected chi connectivity index (χ1v) is 7.43. The fourth-order valence-corrected chi connectivity index (χ4v) is 2.82. The number of fused-ring (bicyclic) bond motifs is 1. The average Bonchev–Trinajstić information content (AvgIpc) is 3.02. The molecule has 2 N–H and O–H groups in total. The summed E-state index contributed by atoms with van der Waals surface area (Å²) in [6.07, 6.45) is 1.71. The second-order valence-corrected chi connectivity index (χ2v) is 5.47. The van der Waals surface area contributed by atoms with E-state index in [1.807, 2.05) is 24.3 Å². The third kappa shape index (κ3) is 2.88. The van der Waals surface area contributed by atoms with E-state index in [9.17, 15) is 0 Å². The molecule has 1 atom stereocenters. The minimum absolute atomic E-state index is 0.0519. The van der Waals surface area contributed by atoms with Crippen LogP contribution in [0.15, 0.2) is 36.4 Å². The standard InChI is InChI=1S/C18H21NO3/c1-20-17-5-3-12(10-18(17)21-2)9-15(19)13-4-6-16-14(11-13)7-8-22-16/h3-6,10-11,15H,7-9,19H2,1-2H3. The van der Waals surface area contributed by atoms with Crippen LogP contribution in [0.1, 0.15) is 22.7 Å². The molecule has 116 valence electrons. The van der Waals surface area contributed by atoms with Crippen molar-refractivity contribution in [2.75, 3.05) is 20.8 Å². The first kappa shape index (κ1) is 14.7. The summed E-state index contributed by atoms with van der Waals surface area (Å²) in [5, 5.41) is 0. The number of rotatable bonds is 5. The molecule has 2 aromatic carbocycles. The molecule has 2 aromatic rings. The topological polar surface area (TPSA) is 53.7 Å². The molecule has 1 unspecified atom stereocenters. The Morgan fingerprint density at radius 2 is 1.91 bits per heavy atom. The Kier molecular flexibility index (Phi) is 4.20. The van der Waals surface area contributed by atoms with Gasteiger partial charge in [-0.3, -0.25) is 0 Å². The van der Waals surface area contributed by atoms with Gasteiger partial charge in [0.2, 0.25) is 0 Å². The van der Waals surface area contributed by atoms with E-state index in [-0.39, 0.29) is 6.04 Å². The SMILES string of the molecule is COc1ccc(CC(N)c2ccc3c(c2)CCO3)cc1OC. The molecule has 0 spiro atoms. The number of ether oxygens (including phenoxy) is 3. The van der Waals surface area contributed by atoms with Crippen molar-refractivity contribution in [2.45, 2.75) is 18.9 Å². The summed E-state index contributed by atoms with van der Waals surface area (Å²) in [6.45, 7) is 0.768. The fourth-order valence-electron chi connectivity index (χ4n) is 2.82. The van der Waals surface area contributed by atoms with Crippen LogP contribution >= 0.6 is 0 Å². The van der Waals surface area contributed by atoms with Gasteiger partial charge in [-0.15, -0.1) is 0 Å². The largest absolute Gasteiger partial charge is 0.493 e. The summed E-state index contributed by atoms with van der Waals surface area (Å²) in [5.74, 6) is 2.45. The van der Waals surface area contributed by atoms with Gasteiger partial charge in [-0.2, -0.15) is 0 Å². The molecule has 22 heavy (non-hydrogen) atoms. The highest BCUT2D eigenvalue weighted by Crippen LogP contribution is 2.31. The van der Waals surface area contributed by atoms with Gasteiger partial charge in [-0.05, 0) is 41.3 Å². The zero-order chi connectivity index (χ0) is 15.5. The monoisotopic (exact) mass is 299 g/mol. The first-order chi connectivity index (χ1) is 10.7. The van der Waals surface area contributed by atoms with E-state index in [4.69, 9.17) is 19.9 Å². The predicted molar refractivity (Wildman–Crippen MR) is 85.8 cm³/mol. The van der Waals surface area contributed by atoms with Crippen LogP contribution in [0.4, 0.5) is 0 Å². The lowest BCUT2D eigenvalue weighted by atomic mass is 9.97. The Morgan fingerprint density at radius 3 is 2.68 bits per heavy atom. The molecule has 3 rings (SSSR count). The van der Waals surface area contributed by atoms with E-state index in [1.165, 1.54) is 5.56 Å². The third-order valence-corrected chi connectivity index (χ3v) is 4.05. The Labute approximate surface area is 130 Å². The van der Waals surface area contributed by atoms with Gasteiger partial charge in [0.15, 0.2) is 11.5 Å². The van der Waals surface area contributed by atoms with Crippen LogP contribution in [0.3, 0.4) is 0 Å². The van der Waals surface area contributed by atoms with Crippen LogP contribution in [0, 0.1) is 0 Å². The molecule has 1 aliphatic rings. The maximum Gasteiger partial charge on any atom is 0.160 e. The maximum absolute atomic E-state index is 6.37. The Bertz CT molecular complexity index is 669. The molecular formula is C18H21NO3. The van der Waals surface area contributed by atoms with Crippen molar-refractivity contribution in [2.24, 2.45) is 5.73 Å². The van der Waals surface area contributed by atoms with Crippen molar-refractivity contribution >= 4 is 0 Å². The summed E-state index contributed by atoms with van der Waals surface area (Å²) in [5.41, 5.74) is 9.89. The summed E-state index contributed by atoms with van der Waals surface area (Å²) in [7, 11) is 3.28. The lowest BCUT2D eigenvalue weighted by molar-refractivity contribution is 0.354. The van der Waals surface area contributed by atoms with E-state index in [1.54, 1.807) is 14.2 Å². The van der Waals surface area contributed by atoms with Crippen LogP contribution in [0.2, 0.25) is 0 Å². The fraction of sp³-hybridized carbons (Fsp3) is 0.333. The van der Waals surface area contributed by atoms with Gasteiger partial charge in [0.05, 0.1) is 20.8 Å². The maximum atomic E-state index is 6.37. The Balaban J connectivity index is 1.77. The molecule has 0 bridgehead atoms. The average molecular weight is 299 g/mol. The van der Waals surface area contributed by atoms with E-state index < -0.39 is 0 Å². The molecule has 0 saturated heterocycles. The highest BCUT2D eigenvalue weighted by Gasteiger charge is 2.15. The van der Waals surface area contributed by atoms with Crippen LogP contribution in [0.25, 0.3) is 0 Å². The molecule has 0 amide bonds. The molecule has 0 saturated carbocycles. The van der Waals surface area contributed by atoms with Gasteiger partial charge < -0.3 is 19.9 Å². The molecular weight excluding hydrogens is 278 g/mol. The van der Waals surface area contributed by atoms with Crippen LogP contribution < -0.4 is 19.9 Å². The second-order valence-electron chi connectivity index (χ2n) is 5.47.